The Hall–Kier alpha value is -3.02. The van der Waals surface area contributed by atoms with Crippen LogP contribution in [0.1, 0.15) is 54.2 Å². The van der Waals surface area contributed by atoms with Crippen LogP contribution in [0.3, 0.4) is 0 Å². The molecule has 0 spiro atoms. The van der Waals surface area contributed by atoms with Gasteiger partial charge in [0, 0.05) is 6.20 Å². The first-order chi connectivity index (χ1) is 13.0. The monoisotopic (exact) mass is 361 g/mol. The Balaban J connectivity index is 1.56. The maximum Gasteiger partial charge on any atom is 0.253 e. The van der Waals surface area contributed by atoms with Gasteiger partial charge < -0.3 is 5.32 Å². The highest BCUT2D eigenvalue weighted by Crippen LogP contribution is 2.39. The molecule has 3 aromatic rings. The molecule has 0 saturated carbocycles. The lowest BCUT2D eigenvalue weighted by Gasteiger charge is -2.27. The molecule has 2 heterocycles. The minimum absolute atomic E-state index is 0.00110. The average Bonchev–Trinajstić information content (AvgIpc) is 3.17. The van der Waals surface area contributed by atoms with Crippen molar-refractivity contribution < 1.29 is 4.79 Å². The van der Waals surface area contributed by atoms with E-state index < -0.39 is 0 Å². The predicted octanol–water partition coefficient (Wildman–Crippen LogP) is 3.50. The molecule has 1 aromatic carbocycles. The molecule has 1 atom stereocenters. The molecule has 0 aliphatic heterocycles. The molecule has 6 heteroatoms. The molecule has 4 rings (SSSR count). The number of carbonyl (C=O) groups is 1. The highest BCUT2D eigenvalue weighted by molar-refractivity contribution is 5.94. The predicted molar refractivity (Wildman–Crippen MR) is 103 cm³/mol. The number of carbonyl (C=O) groups excluding carboxylic acids is 1. The van der Waals surface area contributed by atoms with E-state index in [4.69, 9.17) is 0 Å². The van der Waals surface area contributed by atoms with Crippen molar-refractivity contribution in [3.63, 3.8) is 0 Å². The minimum Gasteiger partial charge on any atom is -0.345 e. The molecule has 1 N–H and O–H groups in total. The van der Waals surface area contributed by atoms with Gasteiger partial charge in [-0.1, -0.05) is 38.1 Å². The number of aromatic nitrogens is 4. The number of fused-ring (bicyclic) bond motifs is 1. The van der Waals surface area contributed by atoms with Gasteiger partial charge in [-0.2, -0.15) is 5.10 Å². The Morgan fingerprint density at radius 3 is 2.81 bits per heavy atom. The van der Waals surface area contributed by atoms with Crippen molar-refractivity contribution in [2.24, 2.45) is 5.41 Å². The van der Waals surface area contributed by atoms with Crippen LogP contribution in [0.2, 0.25) is 0 Å². The lowest BCUT2D eigenvalue weighted by atomic mass is 9.83. The molecule has 27 heavy (non-hydrogen) atoms. The van der Waals surface area contributed by atoms with Crippen LogP contribution in [0.25, 0.3) is 5.82 Å². The van der Waals surface area contributed by atoms with E-state index in [-0.39, 0.29) is 17.4 Å². The van der Waals surface area contributed by atoms with Crippen LogP contribution >= 0.6 is 0 Å². The lowest BCUT2D eigenvalue weighted by molar-refractivity contribution is 0.0924. The maximum absolute atomic E-state index is 12.9. The summed E-state index contributed by atoms with van der Waals surface area (Å²) >= 11 is 0. The van der Waals surface area contributed by atoms with E-state index in [0.29, 0.717) is 11.4 Å². The number of benzene rings is 1. The highest BCUT2D eigenvalue weighted by atomic mass is 16.1. The van der Waals surface area contributed by atoms with Crippen LogP contribution < -0.4 is 5.32 Å². The SMILES string of the molecule is CC1(C)CCc2ccccc2C(NC(=O)c2ccc(-n3cncn3)nc2)C1. The van der Waals surface area contributed by atoms with Crippen molar-refractivity contribution in [1.82, 2.24) is 25.1 Å². The molecule has 1 aliphatic carbocycles. The summed E-state index contributed by atoms with van der Waals surface area (Å²) in [4.78, 5) is 21.1. The molecule has 6 nitrogen and oxygen atoms in total. The summed E-state index contributed by atoms with van der Waals surface area (Å²) in [5, 5.41) is 7.28. The fourth-order valence-electron chi connectivity index (χ4n) is 3.69. The van der Waals surface area contributed by atoms with Crippen molar-refractivity contribution in [3.05, 3.63) is 71.9 Å². The van der Waals surface area contributed by atoms with E-state index in [1.54, 1.807) is 29.3 Å². The van der Waals surface area contributed by atoms with Gasteiger partial charge in [-0.3, -0.25) is 4.79 Å². The van der Waals surface area contributed by atoms with Crippen LogP contribution in [0.5, 0.6) is 0 Å². The quantitative estimate of drug-likeness (QED) is 0.725. The van der Waals surface area contributed by atoms with Gasteiger partial charge in [0.15, 0.2) is 5.82 Å². The second-order valence-electron chi connectivity index (χ2n) is 7.84. The maximum atomic E-state index is 12.9. The molecule has 0 fully saturated rings. The number of hydrogen-bond donors (Lipinski definition) is 1. The van der Waals surface area contributed by atoms with Crippen molar-refractivity contribution in [3.8, 4) is 5.82 Å². The normalized spacial score (nSPS) is 18.4. The Kier molecular flexibility index (Phi) is 4.48. The number of pyridine rings is 1. The van der Waals surface area contributed by atoms with Crippen LogP contribution in [-0.4, -0.2) is 25.7 Å². The zero-order valence-corrected chi connectivity index (χ0v) is 15.6. The summed E-state index contributed by atoms with van der Waals surface area (Å²) in [6, 6.07) is 12.0. The molecule has 1 aliphatic rings. The standard InChI is InChI=1S/C21H23N5O/c1-21(2)10-9-15-5-3-4-6-17(15)18(11-21)25-20(27)16-7-8-19(23-12-16)26-14-22-13-24-26/h3-8,12-14,18H,9-11H2,1-2H3,(H,25,27). The van der Waals surface area contributed by atoms with E-state index in [9.17, 15) is 4.79 Å². The number of hydrogen-bond acceptors (Lipinski definition) is 4. The first-order valence-electron chi connectivity index (χ1n) is 9.22. The Bertz CT molecular complexity index is 931. The van der Waals surface area contributed by atoms with E-state index in [0.717, 1.165) is 19.3 Å². The number of nitrogens with one attached hydrogen (secondary N) is 1. The summed E-state index contributed by atoms with van der Waals surface area (Å²) in [5.74, 6) is 0.523. The summed E-state index contributed by atoms with van der Waals surface area (Å²) in [7, 11) is 0. The molecule has 0 bridgehead atoms. The fourth-order valence-corrected chi connectivity index (χ4v) is 3.69. The molecule has 1 unspecified atom stereocenters. The van der Waals surface area contributed by atoms with Gasteiger partial charge in [0.05, 0.1) is 11.6 Å². The molecule has 1 amide bonds. The van der Waals surface area contributed by atoms with E-state index in [1.165, 1.54) is 17.5 Å². The Morgan fingerprint density at radius 2 is 2.07 bits per heavy atom. The van der Waals surface area contributed by atoms with Crippen molar-refractivity contribution in [1.29, 1.82) is 0 Å². The first-order valence-corrected chi connectivity index (χ1v) is 9.22. The molecule has 2 aromatic heterocycles. The van der Waals surface area contributed by atoms with Crippen LogP contribution in [-0.2, 0) is 6.42 Å². The van der Waals surface area contributed by atoms with Crippen LogP contribution in [0.15, 0.2) is 55.2 Å². The Morgan fingerprint density at radius 1 is 1.22 bits per heavy atom. The largest absolute Gasteiger partial charge is 0.345 e. The molecule has 0 saturated heterocycles. The van der Waals surface area contributed by atoms with Crippen LogP contribution in [0.4, 0.5) is 0 Å². The molecular formula is C21H23N5O. The van der Waals surface area contributed by atoms with Crippen LogP contribution in [0, 0.1) is 5.41 Å². The summed E-state index contributed by atoms with van der Waals surface area (Å²) < 4.78 is 1.56. The van der Waals surface area contributed by atoms with Crippen molar-refractivity contribution in [2.45, 2.75) is 39.2 Å². The zero-order chi connectivity index (χ0) is 18.9. The van der Waals surface area contributed by atoms with Crippen molar-refractivity contribution in [2.75, 3.05) is 0 Å². The highest BCUT2D eigenvalue weighted by Gasteiger charge is 2.30. The third-order valence-corrected chi connectivity index (χ3v) is 5.23. The lowest BCUT2D eigenvalue weighted by Crippen LogP contribution is -2.31. The van der Waals surface area contributed by atoms with Gasteiger partial charge in [0.25, 0.3) is 5.91 Å². The van der Waals surface area contributed by atoms with Gasteiger partial charge in [0.1, 0.15) is 12.7 Å². The van der Waals surface area contributed by atoms with Gasteiger partial charge >= 0.3 is 0 Å². The van der Waals surface area contributed by atoms with Gasteiger partial charge in [-0.15, -0.1) is 0 Å². The third-order valence-electron chi connectivity index (χ3n) is 5.23. The summed E-state index contributed by atoms with van der Waals surface area (Å²) in [5.41, 5.74) is 3.27. The Labute approximate surface area is 158 Å². The number of rotatable bonds is 3. The second-order valence-corrected chi connectivity index (χ2v) is 7.84. The summed E-state index contributed by atoms with van der Waals surface area (Å²) in [6.07, 6.45) is 7.69. The second kappa shape index (κ2) is 6.95. The first kappa shape index (κ1) is 17.4. The smallest absolute Gasteiger partial charge is 0.253 e. The number of amides is 1. The molecular weight excluding hydrogens is 338 g/mol. The minimum atomic E-state index is -0.106. The van der Waals surface area contributed by atoms with E-state index in [1.807, 2.05) is 6.07 Å². The fraction of sp³-hybridized carbons (Fsp3) is 0.333. The van der Waals surface area contributed by atoms with Gasteiger partial charge in [0.2, 0.25) is 0 Å². The third kappa shape index (κ3) is 3.74. The van der Waals surface area contributed by atoms with Gasteiger partial charge in [-0.25, -0.2) is 14.6 Å². The van der Waals surface area contributed by atoms with E-state index >= 15 is 0 Å². The molecule has 0 radical (unpaired) electrons. The topological polar surface area (TPSA) is 72.7 Å². The summed E-state index contributed by atoms with van der Waals surface area (Å²) in [6.45, 7) is 4.54. The average molecular weight is 361 g/mol. The number of nitrogens with zero attached hydrogens (tertiary/aromatic N) is 4. The molecule has 138 valence electrons. The van der Waals surface area contributed by atoms with Gasteiger partial charge in [-0.05, 0) is 47.9 Å². The number of aryl methyl sites for hydroxylation is 1. The van der Waals surface area contributed by atoms with E-state index in [2.05, 4.69) is 52.4 Å². The van der Waals surface area contributed by atoms with Crippen molar-refractivity contribution >= 4 is 5.91 Å². The zero-order valence-electron chi connectivity index (χ0n) is 15.6.